The predicted molar refractivity (Wildman–Crippen MR) is 85.1 cm³/mol. The fourth-order valence-electron chi connectivity index (χ4n) is 2.86. The Morgan fingerprint density at radius 3 is 2.96 bits per heavy atom. The number of piperidine rings is 1. The number of rotatable bonds is 4. The summed E-state index contributed by atoms with van der Waals surface area (Å²) in [5.74, 6) is -0.130. The zero-order chi connectivity index (χ0) is 16.1. The summed E-state index contributed by atoms with van der Waals surface area (Å²) in [7, 11) is 0. The minimum absolute atomic E-state index is 0.0901. The van der Waals surface area contributed by atoms with Gasteiger partial charge in [0.15, 0.2) is 0 Å². The molecule has 0 aliphatic carbocycles. The average Bonchev–Trinajstić information content (AvgIpc) is 2.58. The average molecular weight is 314 g/mol. The van der Waals surface area contributed by atoms with Crippen LogP contribution in [0.15, 0.2) is 42.9 Å². The Balaban J connectivity index is 1.67. The first-order valence-electron chi connectivity index (χ1n) is 7.78. The smallest absolute Gasteiger partial charge is 0.242 e. The molecule has 2 aromatic heterocycles. The van der Waals surface area contributed by atoms with Gasteiger partial charge >= 0.3 is 0 Å². The third kappa shape index (κ3) is 4.10. The maximum absolute atomic E-state index is 12.9. The van der Waals surface area contributed by atoms with Crippen molar-refractivity contribution in [3.63, 3.8) is 0 Å². The quantitative estimate of drug-likeness (QED) is 0.942. The molecule has 1 N–H and O–H groups in total. The van der Waals surface area contributed by atoms with Crippen molar-refractivity contribution in [2.45, 2.75) is 31.8 Å². The van der Waals surface area contributed by atoms with Crippen LogP contribution in [0.1, 0.15) is 24.8 Å². The SMILES string of the molecule is O=C(Nc1ccc(F)cn1)C1CCCCN1Cc1cccnc1. The van der Waals surface area contributed by atoms with Crippen molar-refractivity contribution < 1.29 is 9.18 Å². The molecule has 1 unspecified atom stereocenters. The minimum Gasteiger partial charge on any atom is -0.309 e. The van der Waals surface area contributed by atoms with Crippen LogP contribution < -0.4 is 5.32 Å². The Morgan fingerprint density at radius 1 is 1.30 bits per heavy atom. The van der Waals surface area contributed by atoms with E-state index in [-0.39, 0.29) is 11.9 Å². The molecule has 3 heterocycles. The van der Waals surface area contributed by atoms with Gasteiger partial charge in [0.2, 0.25) is 5.91 Å². The monoisotopic (exact) mass is 314 g/mol. The van der Waals surface area contributed by atoms with Crippen LogP contribution in [0.4, 0.5) is 10.2 Å². The lowest BCUT2D eigenvalue weighted by Gasteiger charge is -2.34. The highest BCUT2D eigenvalue weighted by Gasteiger charge is 2.28. The largest absolute Gasteiger partial charge is 0.309 e. The molecule has 1 amide bonds. The molecule has 23 heavy (non-hydrogen) atoms. The van der Waals surface area contributed by atoms with Crippen LogP contribution in [0.3, 0.4) is 0 Å². The fraction of sp³-hybridized carbons (Fsp3) is 0.353. The van der Waals surface area contributed by atoms with Gasteiger partial charge in [-0.1, -0.05) is 12.5 Å². The third-order valence-corrected chi connectivity index (χ3v) is 4.00. The summed E-state index contributed by atoms with van der Waals surface area (Å²) in [5.41, 5.74) is 1.09. The van der Waals surface area contributed by atoms with Crippen molar-refractivity contribution in [2.75, 3.05) is 11.9 Å². The van der Waals surface area contributed by atoms with Gasteiger partial charge in [-0.2, -0.15) is 0 Å². The molecule has 0 bridgehead atoms. The van der Waals surface area contributed by atoms with Crippen LogP contribution in [-0.2, 0) is 11.3 Å². The lowest BCUT2D eigenvalue weighted by atomic mass is 10.0. The Hall–Kier alpha value is -2.34. The molecule has 6 heteroatoms. The minimum atomic E-state index is -0.418. The van der Waals surface area contributed by atoms with E-state index in [2.05, 4.69) is 20.2 Å². The van der Waals surface area contributed by atoms with Gasteiger partial charge in [0.1, 0.15) is 11.6 Å². The maximum atomic E-state index is 12.9. The van der Waals surface area contributed by atoms with Crippen LogP contribution in [0.5, 0.6) is 0 Å². The van der Waals surface area contributed by atoms with E-state index in [4.69, 9.17) is 0 Å². The standard InChI is InChI=1S/C17H19FN4O/c18-14-6-7-16(20-11-14)21-17(23)15-5-1-2-9-22(15)12-13-4-3-8-19-10-13/h3-4,6-8,10-11,15H,1-2,5,9,12H2,(H,20,21,23). The van der Waals surface area contributed by atoms with Gasteiger partial charge in [0.05, 0.1) is 12.2 Å². The van der Waals surface area contributed by atoms with Gasteiger partial charge in [-0.25, -0.2) is 9.37 Å². The summed E-state index contributed by atoms with van der Waals surface area (Å²) in [5, 5.41) is 2.78. The Labute approximate surface area is 134 Å². The Kier molecular flexibility index (Phi) is 4.92. The molecule has 120 valence electrons. The van der Waals surface area contributed by atoms with Crippen molar-refractivity contribution in [1.82, 2.24) is 14.9 Å². The number of carbonyl (C=O) groups excluding carboxylic acids is 1. The van der Waals surface area contributed by atoms with E-state index in [0.29, 0.717) is 12.4 Å². The molecular weight excluding hydrogens is 295 g/mol. The number of hydrogen-bond donors (Lipinski definition) is 1. The molecule has 0 radical (unpaired) electrons. The molecule has 3 rings (SSSR count). The van der Waals surface area contributed by atoms with E-state index in [1.807, 2.05) is 18.3 Å². The van der Waals surface area contributed by atoms with E-state index in [1.54, 1.807) is 6.20 Å². The number of likely N-dealkylation sites (tertiary alicyclic amines) is 1. The summed E-state index contributed by atoms with van der Waals surface area (Å²) >= 11 is 0. The number of halogens is 1. The predicted octanol–water partition coefficient (Wildman–Crippen LogP) is 2.61. The van der Waals surface area contributed by atoms with Crippen LogP contribution in [-0.4, -0.2) is 33.4 Å². The Morgan fingerprint density at radius 2 is 2.22 bits per heavy atom. The first kappa shape index (κ1) is 15.6. The van der Waals surface area contributed by atoms with Gasteiger partial charge in [-0.3, -0.25) is 14.7 Å². The van der Waals surface area contributed by atoms with Crippen molar-refractivity contribution in [1.29, 1.82) is 0 Å². The van der Waals surface area contributed by atoms with E-state index >= 15 is 0 Å². The van der Waals surface area contributed by atoms with Gasteiger partial charge in [0.25, 0.3) is 0 Å². The summed E-state index contributed by atoms with van der Waals surface area (Å²) in [6.45, 7) is 1.58. The maximum Gasteiger partial charge on any atom is 0.242 e. The third-order valence-electron chi connectivity index (χ3n) is 4.00. The van der Waals surface area contributed by atoms with Crippen LogP contribution in [0, 0.1) is 5.82 Å². The van der Waals surface area contributed by atoms with E-state index < -0.39 is 5.82 Å². The van der Waals surface area contributed by atoms with Gasteiger partial charge in [-0.05, 0) is 43.1 Å². The number of carbonyl (C=O) groups is 1. The first-order valence-corrected chi connectivity index (χ1v) is 7.78. The highest BCUT2D eigenvalue weighted by molar-refractivity contribution is 5.94. The molecule has 0 saturated carbocycles. The van der Waals surface area contributed by atoms with Crippen LogP contribution in [0.2, 0.25) is 0 Å². The number of pyridine rings is 2. The highest BCUT2D eigenvalue weighted by atomic mass is 19.1. The molecule has 1 aliphatic rings. The molecule has 1 aliphatic heterocycles. The fourth-order valence-corrected chi connectivity index (χ4v) is 2.86. The summed E-state index contributed by atoms with van der Waals surface area (Å²) in [6, 6.07) is 6.48. The number of nitrogens with zero attached hydrogens (tertiary/aromatic N) is 3. The van der Waals surface area contributed by atoms with E-state index in [0.717, 1.165) is 37.6 Å². The van der Waals surface area contributed by atoms with Crippen molar-refractivity contribution in [3.05, 3.63) is 54.2 Å². The molecular formula is C17H19FN4O. The lowest BCUT2D eigenvalue weighted by Crippen LogP contribution is -2.46. The number of nitrogens with one attached hydrogen (secondary N) is 1. The molecule has 1 saturated heterocycles. The molecule has 5 nitrogen and oxygen atoms in total. The topological polar surface area (TPSA) is 58.1 Å². The van der Waals surface area contributed by atoms with Gasteiger partial charge < -0.3 is 5.32 Å². The number of anilines is 1. The second-order valence-corrected chi connectivity index (χ2v) is 5.69. The normalized spacial score (nSPS) is 18.6. The molecule has 2 aromatic rings. The first-order chi connectivity index (χ1) is 11.2. The lowest BCUT2D eigenvalue weighted by molar-refractivity contribution is -0.122. The Bertz CT molecular complexity index is 647. The zero-order valence-corrected chi connectivity index (χ0v) is 12.8. The van der Waals surface area contributed by atoms with E-state index in [9.17, 15) is 9.18 Å². The second-order valence-electron chi connectivity index (χ2n) is 5.69. The molecule has 1 fully saturated rings. The van der Waals surface area contributed by atoms with Crippen molar-refractivity contribution in [2.24, 2.45) is 0 Å². The number of amides is 1. The summed E-state index contributed by atoms with van der Waals surface area (Å²) in [6.07, 6.45) is 7.59. The van der Waals surface area contributed by atoms with Gasteiger partial charge in [0, 0.05) is 18.9 Å². The van der Waals surface area contributed by atoms with E-state index in [1.165, 1.54) is 12.1 Å². The molecule has 0 aromatic carbocycles. The van der Waals surface area contributed by atoms with Crippen LogP contribution in [0.25, 0.3) is 0 Å². The highest BCUT2D eigenvalue weighted by Crippen LogP contribution is 2.20. The zero-order valence-electron chi connectivity index (χ0n) is 12.8. The number of aromatic nitrogens is 2. The second kappa shape index (κ2) is 7.28. The molecule has 1 atom stereocenters. The summed E-state index contributed by atoms with van der Waals surface area (Å²) < 4.78 is 12.9. The summed E-state index contributed by atoms with van der Waals surface area (Å²) in [4.78, 5) is 22.7. The van der Waals surface area contributed by atoms with Crippen molar-refractivity contribution in [3.8, 4) is 0 Å². The molecule has 0 spiro atoms. The number of hydrogen-bond acceptors (Lipinski definition) is 4. The van der Waals surface area contributed by atoms with Crippen LogP contribution >= 0.6 is 0 Å². The van der Waals surface area contributed by atoms with Gasteiger partial charge in [-0.15, -0.1) is 0 Å². The van der Waals surface area contributed by atoms with Crippen molar-refractivity contribution >= 4 is 11.7 Å².